The average Bonchev–Trinajstić information content (AvgIpc) is 2.91. The molecule has 0 aromatic heterocycles. The third kappa shape index (κ3) is 6.46. The summed E-state index contributed by atoms with van der Waals surface area (Å²) in [7, 11) is 0. The van der Waals surface area contributed by atoms with Gasteiger partial charge in [0, 0.05) is 31.7 Å². The van der Waals surface area contributed by atoms with E-state index in [0.29, 0.717) is 17.1 Å². The zero-order valence-electron chi connectivity index (χ0n) is 19.7. The van der Waals surface area contributed by atoms with E-state index in [2.05, 4.69) is 5.32 Å². The Morgan fingerprint density at radius 3 is 2.11 bits per heavy atom. The molecule has 0 saturated carbocycles. The van der Waals surface area contributed by atoms with Gasteiger partial charge < -0.3 is 19.9 Å². The quantitative estimate of drug-likeness (QED) is 0.538. The lowest BCUT2D eigenvalue weighted by molar-refractivity contribution is -0.138. The number of benzene rings is 3. The Balaban J connectivity index is 1.28. The van der Waals surface area contributed by atoms with Crippen LogP contribution in [0.1, 0.15) is 26.3 Å². The van der Waals surface area contributed by atoms with Gasteiger partial charge in [0.1, 0.15) is 11.5 Å². The standard InChI is InChI=1S/C27H24F3N3O4/c28-27(29,30)23-12-5-4-11-22(23)26(36)33-15-13-32(14-16-33)24(34)18-31-25(35)19-7-6-10-21(17-19)37-20-8-2-1-3-9-20/h1-12,17H,13-16,18H2,(H,31,35). The molecule has 0 bridgehead atoms. The number of rotatable bonds is 6. The van der Waals surface area contributed by atoms with Crippen molar-refractivity contribution in [3.63, 3.8) is 0 Å². The summed E-state index contributed by atoms with van der Waals surface area (Å²) >= 11 is 0. The van der Waals surface area contributed by atoms with Gasteiger partial charge in [0.15, 0.2) is 0 Å². The number of hydrogen-bond donors (Lipinski definition) is 1. The van der Waals surface area contributed by atoms with Gasteiger partial charge in [-0.15, -0.1) is 0 Å². The molecule has 3 aromatic rings. The Morgan fingerprint density at radius 2 is 1.41 bits per heavy atom. The van der Waals surface area contributed by atoms with Gasteiger partial charge in [-0.1, -0.05) is 36.4 Å². The predicted octanol–water partition coefficient (Wildman–Crippen LogP) is 4.21. The lowest BCUT2D eigenvalue weighted by atomic mass is 10.1. The molecule has 4 rings (SSSR count). The van der Waals surface area contributed by atoms with Crippen LogP contribution in [-0.2, 0) is 11.0 Å². The smallest absolute Gasteiger partial charge is 0.417 e. The van der Waals surface area contributed by atoms with Crippen molar-refractivity contribution in [2.75, 3.05) is 32.7 Å². The maximum atomic E-state index is 13.3. The van der Waals surface area contributed by atoms with E-state index in [9.17, 15) is 27.6 Å². The highest BCUT2D eigenvalue weighted by Gasteiger charge is 2.36. The molecule has 0 radical (unpaired) electrons. The third-order valence-electron chi connectivity index (χ3n) is 5.86. The molecule has 37 heavy (non-hydrogen) atoms. The molecule has 1 saturated heterocycles. The highest BCUT2D eigenvalue weighted by atomic mass is 19.4. The van der Waals surface area contributed by atoms with E-state index in [1.807, 2.05) is 18.2 Å². The zero-order valence-corrected chi connectivity index (χ0v) is 19.7. The van der Waals surface area contributed by atoms with Crippen LogP contribution in [0, 0.1) is 0 Å². The first-order valence-electron chi connectivity index (χ1n) is 11.6. The molecule has 1 aliphatic rings. The fourth-order valence-corrected chi connectivity index (χ4v) is 3.94. The van der Waals surface area contributed by atoms with Crippen LogP contribution in [0.3, 0.4) is 0 Å². The maximum absolute atomic E-state index is 13.3. The second-order valence-electron chi connectivity index (χ2n) is 8.34. The second-order valence-corrected chi connectivity index (χ2v) is 8.34. The molecule has 3 aromatic carbocycles. The minimum absolute atomic E-state index is 0.0869. The van der Waals surface area contributed by atoms with Crippen molar-refractivity contribution in [3.8, 4) is 11.5 Å². The molecule has 7 nitrogen and oxygen atoms in total. The first kappa shape index (κ1) is 25.7. The minimum atomic E-state index is -4.64. The number of nitrogens with zero attached hydrogens (tertiary/aromatic N) is 2. The Bertz CT molecular complexity index is 1270. The Kier molecular flexibility index (Phi) is 7.76. The number of carbonyl (C=O) groups excluding carboxylic acids is 3. The monoisotopic (exact) mass is 511 g/mol. The molecular formula is C27H24F3N3O4. The molecular weight excluding hydrogens is 487 g/mol. The number of nitrogens with one attached hydrogen (secondary N) is 1. The van der Waals surface area contributed by atoms with Gasteiger partial charge in [0.05, 0.1) is 17.7 Å². The highest BCUT2D eigenvalue weighted by molar-refractivity contribution is 5.97. The lowest BCUT2D eigenvalue weighted by Gasteiger charge is -2.35. The number of hydrogen-bond acceptors (Lipinski definition) is 4. The van der Waals surface area contributed by atoms with Crippen LogP contribution in [0.15, 0.2) is 78.9 Å². The van der Waals surface area contributed by atoms with E-state index in [1.165, 1.54) is 21.9 Å². The van der Waals surface area contributed by atoms with E-state index < -0.39 is 29.1 Å². The lowest BCUT2D eigenvalue weighted by Crippen LogP contribution is -2.52. The van der Waals surface area contributed by atoms with Gasteiger partial charge in [0.2, 0.25) is 5.91 Å². The number of para-hydroxylation sites is 1. The molecule has 0 atom stereocenters. The topological polar surface area (TPSA) is 79.0 Å². The van der Waals surface area contributed by atoms with Crippen molar-refractivity contribution in [2.24, 2.45) is 0 Å². The summed E-state index contributed by atoms with van der Waals surface area (Å²) in [5.74, 6) is -0.448. The summed E-state index contributed by atoms with van der Waals surface area (Å²) < 4.78 is 45.5. The molecule has 1 fully saturated rings. The van der Waals surface area contributed by atoms with E-state index >= 15 is 0 Å². The van der Waals surface area contributed by atoms with Gasteiger partial charge >= 0.3 is 6.18 Å². The summed E-state index contributed by atoms with van der Waals surface area (Å²) in [6.07, 6.45) is -4.64. The van der Waals surface area contributed by atoms with Crippen LogP contribution in [0.2, 0.25) is 0 Å². The van der Waals surface area contributed by atoms with E-state index in [1.54, 1.807) is 36.4 Å². The minimum Gasteiger partial charge on any atom is -0.457 e. The number of piperazine rings is 1. The van der Waals surface area contributed by atoms with Crippen molar-refractivity contribution in [2.45, 2.75) is 6.18 Å². The van der Waals surface area contributed by atoms with Gasteiger partial charge in [-0.2, -0.15) is 13.2 Å². The summed E-state index contributed by atoms with van der Waals surface area (Å²) in [5.41, 5.74) is -1.08. The van der Waals surface area contributed by atoms with Crippen molar-refractivity contribution < 1.29 is 32.3 Å². The van der Waals surface area contributed by atoms with Crippen LogP contribution in [0.4, 0.5) is 13.2 Å². The van der Waals surface area contributed by atoms with E-state index in [4.69, 9.17) is 4.74 Å². The van der Waals surface area contributed by atoms with Crippen LogP contribution in [-0.4, -0.2) is 60.2 Å². The Morgan fingerprint density at radius 1 is 0.784 bits per heavy atom. The molecule has 0 aliphatic carbocycles. The maximum Gasteiger partial charge on any atom is 0.417 e. The number of halogens is 3. The first-order chi connectivity index (χ1) is 17.7. The molecule has 1 aliphatic heterocycles. The van der Waals surface area contributed by atoms with Gasteiger partial charge in [-0.3, -0.25) is 14.4 Å². The Labute approximate surface area is 211 Å². The fourth-order valence-electron chi connectivity index (χ4n) is 3.94. The second kappa shape index (κ2) is 11.2. The Hall–Kier alpha value is -4.34. The van der Waals surface area contributed by atoms with Crippen LogP contribution < -0.4 is 10.1 Å². The molecule has 10 heteroatoms. The molecule has 0 unspecified atom stereocenters. The predicted molar refractivity (Wildman–Crippen MR) is 129 cm³/mol. The van der Waals surface area contributed by atoms with Crippen molar-refractivity contribution in [3.05, 3.63) is 95.6 Å². The summed E-state index contributed by atoms with van der Waals surface area (Å²) in [6, 6.07) is 20.3. The van der Waals surface area contributed by atoms with Gasteiger partial charge in [-0.25, -0.2) is 0 Å². The normalized spacial score (nSPS) is 13.7. The van der Waals surface area contributed by atoms with Crippen LogP contribution in [0.5, 0.6) is 11.5 Å². The number of ether oxygens (including phenoxy) is 1. The average molecular weight is 512 g/mol. The van der Waals surface area contributed by atoms with Gasteiger partial charge in [0.25, 0.3) is 11.8 Å². The SMILES string of the molecule is O=C(NCC(=O)N1CCN(C(=O)c2ccccc2C(F)(F)F)CC1)c1cccc(Oc2ccccc2)c1. The summed E-state index contributed by atoms with van der Waals surface area (Å²) in [6.45, 7) is 0.213. The summed E-state index contributed by atoms with van der Waals surface area (Å²) in [4.78, 5) is 40.7. The largest absolute Gasteiger partial charge is 0.457 e. The number of amides is 3. The van der Waals surface area contributed by atoms with Crippen LogP contribution in [0.25, 0.3) is 0 Å². The van der Waals surface area contributed by atoms with Gasteiger partial charge in [-0.05, 0) is 42.5 Å². The van der Waals surface area contributed by atoms with Crippen molar-refractivity contribution >= 4 is 17.7 Å². The summed E-state index contributed by atoms with van der Waals surface area (Å²) in [5, 5.41) is 2.58. The first-order valence-corrected chi connectivity index (χ1v) is 11.6. The number of carbonyl (C=O) groups is 3. The third-order valence-corrected chi connectivity index (χ3v) is 5.86. The highest BCUT2D eigenvalue weighted by Crippen LogP contribution is 2.32. The van der Waals surface area contributed by atoms with E-state index in [-0.39, 0.29) is 38.6 Å². The van der Waals surface area contributed by atoms with Crippen LogP contribution >= 0.6 is 0 Å². The molecule has 0 spiro atoms. The number of alkyl halides is 3. The van der Waals surface area contributed by atoms with E-state index in [0.717, 1.165) is 12.1 Å². The molecule has 192 valence electrons. The molecule has 1 N–H and O–H groups in total. The molecule has 1 heterocycles. The zero-order chi connectivity index (χ0) is 26.4. The van der Waals surface area contributed by atoms with Crippen molar-refractivity contribution in [1.82, 2.24) is 15.1 Å². The molecule has 3 amide bonds. The fraction of sp³-hybridized carbons (Fsp3) is 0.222. The van der Waals surface area contributed by atoms with Crippen molar-refractivity contribution in [1.29, 1.82) is 0 Å².